The van der Waals surface area contributed by atoms with Gasteiger partial charge < -0.3 is 18.4 Å². The summed E-state index contributed by atoms with van der Waals surface area (Å²) in [6.07, 6.45) is 2.86. The van der Waals surface area contributed by atoms with E-state index in [-0.39, 0.29) is 45.2 Å². The van der Waals surface area contributed by atoms with Crippen molar-refractivity contribution in [3.63, 3.8) is 0 Å². The first kappa shape index (κ1) is 20.5. The van der Waals surface area contributed by atoms with Crippen LogP contribution in [0.4, 0.5) is 8.78 Å². The van der Waals surface area contributed by atoms with Gasteiger partial charge in [-0.2, -0.15) is 0 Å². The highest BCUT2D eigenvalue weighted by molar-refractivity contribution is 6.25. The molecule has 5 aromatic heterocycles. The lowest BCUT2D eigenvalue weighted by Gasteiger charge is -2.10. The monoisotopic (exact) mass is 484 g/mol. The third kappa shape index (κ3) is 2.72. The Hall–Kier alpha value is -4.86. The molecule has 176 valence electrons. The topological polar surface area (TPSA) is 107 Å². The Balaban J connectivity index is 1.63. The minimum atomic E-state index is -0.719. The molecular weight excluding hydrogens is 470 g/mol. The van der Waals surface area contributed by atoms with Gasteiger partial charge in [-0.25, -0.2) is 23.5 Å². The molecule has 7 aromatic rings. The maximum atomic E-state index is 15.2. The third-order valence-electron chi connectivity index (χ3n) is 6.46. The van der Waals surface area contributed by atoms with Crippen molar-refractivity contribution in [1.82, 2.24) is 19.5 Å². The number of aromatic amines is 1. The van der Waals surface area contributed by atoms with E-state index in [0.29, 0.717) is 27.5 Å². The summed E-state index contributed by atoms with van der Waals surface area (Å²) in [5.74, 6) is -0.822. The second kappa shape index (κ2) is 7.08. The summed E-state index contributed by atoms with van der Waals surface area (Å²) in [5, 5.41) is 1.90. The zero-order valence-corrected chi connectivity index (χ0v) is 18.6. The predicted molar refractivity (Wildman–Crippen MR) is 129 cm³/mol. The fourth-order valence-corrected chi connectivity index (χ4v) is 4.96. The van der Waals surface area contributed by atoms with Crippen molar-refractivity contribution >= 4 is 54.8 Å². The quantitative estimate of drug-likeness (QED) is 0.374. The van der Waals surface area contributed by atoms with Gasteiger partial charge in [-0.3, -0.25) is 4.79 Å². The molecule has 0 saturated carbocycles. The number of rotatable bonds is 2. The van der Waals surface area contributed by atoms with Crippen LogP contribution in [0.2, 0.25) is 0 Å². The van der Waals surface area contributed by atoms with Crippen molar-refractivity contribution in [1.29, 1.82) is 0 Å². The molecule has 0 atom stereocenters. The van der Waals surface area contributed by atoms with Crippen molar-refractivity contribution < 1.29 is 17.6 Å². The van der Waals surface area contributed by atoms with Crippen LogP contribution in [0.1, 0.15) is 11.4 Å². The summed E-state index contributed by atoms with van der Waals surface area (Å²) < 4.78 is 42.9. The van der Waals surface area contributed by atoms with Gasteiger partial charge in [0.1, 0.15) is 28.6 Å². The van der Waals surface area contributed by atoms with Gasteiger partial charge >= 0.3 is 5.63 Å². The number of aromatic nitrogens is 4. The Morgan fingerprint density at radius 2 is 1.89 bits per heavy atom. The van der Waals surface area contributed by atoms with Crippen molar-refractivity contribution in [2.75, 3.05) is 0 Å². The maximum Gasteiger partial charge on any atom is 0.362 e. The standard InChI is InChI=1S/C26H14F2N4O4/c1-11-30-18-8-16(27)12(7-15(18)24(33)31-11)10-32-19-9-17(28)13-4-6-35-23(13)21(19)20-14-3-2-5-29-25(14)36-26(34)22(20)32/h2-9H,10H2,1H3,(H,30,31,33). The summed E-state index contributed by atoms with van der Waals surface area (Å²) in [5.41, 5.74) is -0.0386. The molecule has 0 spiro atoms. The minimum Gasteiger partial charge on any atom is -0.463 e. The van der Waals surface area contributed by atoms with Crippen molar-refractivity contribution in [2.45, 2.75) is 13.5 Å². The number of hydrogen-bond donors (Lipinski definition) is 1. The molecule has 7 rings (SSSR count). The predicted octanol–water partition coefficient (Wildman–Crippen LogP) is 4.91. The number of aryl methyl sites for hydroxylation is 1. The number of halogens is 2. The average Bonchev–Trinajstić information content (AvgIpc) is 3.44. The minimum absolute atomic E-state index is 0.101. The first-order valence-electron chi connectivity index (χ1n) is 11.0. The van der Waals surface area contributed by atoms with Crippen LogP contribution in [0, 0.1) is 18.6 Å². The van der Waals surface area contributed by atoms with Crippen LogP contribution in [0.5, 0.6) is 0 Å². The van der Waals surface area contributed by atoms with Gasteiger partial charge in [-0.05, 0) is 37.3 Å². The Kier molecular flexibility index (Phi) is 4.03. The zero-order chi connectivity index (χ0) is 24.7. The highest BCUT2D eigenvalue weighted by Crippen LogP contribution is 2.39. The first-order chi connectivity index (χ1) is 17.4. The highest BCUT2D eigenvalue weighted by atomic mass is 19.1. The third-order valence-corrected chi connectivity index (χ3v) is 6.46. The lowest BCUT2D eigenvalue weighted by atomic mass is 10.1. The van der Waals surface area contributed by atoms with Crippen LogP contribution in [0.3, 0.4) is 0 Å². The second-order valence-corrected chi connectivity index (χ2v) is 8.58. The van der Waals surface area contributed by atoms with Crippen molar-refractivity contribution in [2.24, 2.45) is 0 Å². The smallest absolute Gasteiger partial charge is 0.362 e. The molecule has 36 heavy (non-hydrogen) atoms. The van der Waals surface area contributed by atoms with Crippen LogP contribution >= 0.6 is 0 Å². The number of nitrogens with zero attached hydrogens (tertiary/aromatic N) is 3. The Bertz CT molecular complexity index is 2170. The summed E-state index contributed by atoms with van der Waals surface area (Å²) in [6, 6.07) is 8.78. The lowest BCUT2D eigenvalue weighted by molar-refractivity contribution is 0.552. The second-order valence-electron chi connectivity index (χ2n) is 8.58. The first-order valence-corrected chi connectivity index (χ1v) is 11.0. The molecule has 0 aliphatic carbocycles. The fourth-order valence-electron chi connectivity index (χ4n) is 4.96. The van der Waals surface area contributed by atoms with Crippen LogP contribution in [-0.4, -0.2) is 19.5 Å². The van der Waals surface area contributed by atoms with E-state index in [2.05, 4.69) is 15.0 Å². The van der Waals surface area contributed by atoms with E-state index in [1.165, 1.54) is 41.3 Å². The molecule has 8 nitrogen and oxygen atoms in total. The number of hydrogen-bond acceptors (Lipinski definition) is 6. The molecule has 0 aliphatic heterocycles. The zero-order valence-electron chi connectivity index (χ0n) is 18.6. The Labute approximate surface area is 198 Å². The summed E-state index contributed by atoms with van der Waals surface area (Å²) in [4.78, 5) is 36.7. The molecule has 0 fully saturated rings. The van der Waals surface area contributed by atoms with Gasteiger partial charge in [0.25, 0.3) is 5.56 Å². The number of fused-ring (bicyclic) bond motifs is 8. The number of nitrogens with one attached hydrogen (secondary N) is 1. The largest absolute Gasteiger partial charge is 0.463 e. The van der Waals surface area contributed by atoms with E-state index in [4.69, 9.17) is 8.83 Å². The lowest BCUT2D eigenvalue weighted by Crippen LogP contribution is -2.13. The van der Waals surface area contributed by atoms with Crippen molar-refractivity contribution in [3.05, 3.63) is 92.7 Å². The van der Waals surface area contributed by atoms with Gasteiger partial charge in [0, 0.05) is 28.6 Å². The van der Waals surface area contributed by atoms with Gasteiger partial charge in [0.2, 0.25) is 5.71 Å². The van der Waals surface area contributed by atoms with E-state index >= 15 is 8.78 Å². The van der Waals surface area contributed by atoms with E-state index in [1.807, 2.05) is 0 Å². The van der Waals surface area contributed by atoms with Gasteiger partial charge in [0.15, 0.2) is 0 Å². The highest BCUT2D eigenvalue weighted by Gasteiger charge is 2.24. The van der Waals surface area contributed by atoms with Crippen LogP contribution in [-0.2, 0) is 6.54 Å². The molecule has 0 aliphatic rings. The van der Waals surface area contributed by atoms with Gasteiger partial charge in [-0.15, -0.1) is 0 Å². The van der Waals surface area contributed by atoms with Gasteiger partial charge in [0.05, 0.1) is 40.0 Å². The van der Waals surface area contributed by atoms with Crippen LogP contribution in [0.25, 0.3) is 54.8 Å². The van der Waals surface area contributed by atoms with E-state index in [1.54, 1.807) is 19.1 Å². The summed E-state index contributed by atoms with van der Waals surface area (Å²) in [7, 11) is 0. The van der Waals surface area contributed by atoms with E-state index in [9.17, 15) is 9.59 Å². The fraction of sp³-hybridized carbons (Fsp3) is 0.0769. The molecule has 1 N–H and O–H groups in total. The summed E-state index contributed by atoms with van der Waals surface area (Å²) in [6.45, 7) is 1.42. The van der Waals surface area contributed by atoms with Crippen LogP contribution in [0.15, 0.2) is 67.3 Å². The molecule has 0 amide bonds. The number of H-pyrrole nitrogens is 1. The Morgan fingerprint density at radius 1 is 1.03 bits per heavy atom. The number of benzene rings is 2. The molecule has 5 heterocycles. The average molecular weight is 484 g/mol. The Morgan fingerprint density at radius 3 is 2.75 bits per heavy atom. The van der Waals surface area contributed by atoms with Crippen molar-refractivity contribution in [3.8, 4) is 0 Å². The van der Waals surface area contributed by atoms with Crippen LogP contribution < -0.4 is 11.2 Å². The molecule has 0 unspecified atom stereocenters. The molecule has 2 aromatic carbocycles. The van der Waals surface area contributed by atoms with Gasteiger partial charge in [-0.1, -0.05) is 0 Å². The summed E-state index contributed by atoms with van der Waals surface area (Å²) >= 11 is 0. The van der Waals surface area contributed by atoms with E-state index < -0.39 is 22.8 Å². The molecule has 0 bridgehead atoms. The normalized spacial score (nSPS) is 12.1. The molecule has 10 heteroatoms. The molecular formula is C26H14F2N4O4. The molecule has 0 saturated heterocycles. The number of furan rings is 1. The molecule has 0 radical (unpaired) electrons. The van der Waals surface area contributed by atoms with E-state index in [0.717, 1.165) is 0 Å². The number of pyridine rings is 1. The SMILES string of the molecule is Cc1nc2cc(F)c(Cn3c4cc(F)c5ccoc5c4c4c5cccnc5oc(=O)c43)cc2c(=O)[nH]1. The maximum absolute atomic E-state index is 15.2.